The van der Waals surface area contributed by atoms with Gasteiger partial charge in [-0.2, -0.15) is 0 Å². The third kappa shape index (κ3) is 3.45. The van der Waals surface area contributed by atoms with Crippen LogP contribution in [0.2, 0.25) is 11.6 Å². The highest BCUT2D eigenvalue weighted by Crippen LogP contribution is 2.33. The van der Waals surface area contributed by atoms with E-state index in [1.165, 1.54) is 10.4 Å². The van der Waals surface area contributed by atoms with E-state index in [0.29, 0.717) is 0 Å². The van der Waals surface area contributed by atoms with Crippen LogP contribution >= 0.6 is 0 Å². The number of aliphatic hydroxyl groups is 1. The quantitative estimate of drug-likeness (QED) is 0.570. The summed E-state index contributed by atoms with van der Waals surface area (Å²) < 4.78 is 0. The monoisotopic (exact) mass is 336 g/mol. The Balaban J connectivity index is 2.75. The third-order valence-corrected chi connectivity index (χ3v) is 10.3. The summed E-state index contributed by atoms with van der Waals surface area (Å²) in [6.45, 7) is 12.3. The molecule has 0 unspecified atom stereocenters. The summed E-state index contributed by atoms with van der Waals surface area (Å²) in [5.41, 5.74) is 0.0281. The molecule has 0 amide bonds. The first kappa shape index (κ1) is 18.4. The summed E-state index contributed by atoms with van der Waals surface area (Å²) in [6, 6.07) is 22.1. The smallest absolute Gasteiger partial charge is 0.130 e. The fourth-order valence-electron chi connectivity index (χ4n) is 3.67. The fraction of sp³-hybridized carbons (Fsp3) is 0.273. The zero-order chi connectivity index (χ0) is 17.6. The molecule has 2 aromatic carbocycles. The van der Waals surface area contributed by atoms with E-state index in [1.807, 2.05) is 24.3 Å². The van der Waals surface area contributed by atoms with Gasteiger partial charge < -0.3 is 5.11 Å². The Morgan fingerprint density at radius 1 is 0.917 bits per heavy atom. The Hall–Kier alpha value is -1.90. The lowest BCUT2D eigenvalue weighted by molar-refractivity contribution is 0.127. The maximum Gasteiger partial charge on any atom is 0.130 e. The minimum atomic E-state index is -2.29. The van der Waals surface area contributed by atoms with Gasteiger partial charge in [-0.05, 0) is 12.0 Å². The molecule has 0 aromatic heterocycles. The molecule has 126 valence electrons. The van der Waals surface area contributed by atoms with Crippen LogP contribution in [-0.2, 0) is 0 Å². The maximum absolute atomic E-state index is 11.0. The Labute approximate surface area is 147 Å². The van der Waals surface area contributed by atoms with Gasteiger partial charge in [-0.1, -0.05) is 97.0 Å². The number of allylic oxidation sites excluding steroid dienone is 1. The molecule has 0 radical (unpaired) electrons. The Bertz CT molecular complexity index is 609. The van der Waals surface area contributed by atoms with E-state index in [9.17, 15) is 5.11 Å². The van der Waals surface area contributed by atoms with Crippen LogP contribution in [0, 0.1) is 5.92 Å². The van der Waals surface area contributed by atoms with Gasteiger partial charge >= 0.3 is 0 Å². The molecule has 2 heteroatoms. The molecule has 0 spiro atoms. The molecular formula is C22H28OSi. The third-order valence-electron chi connectivity index (χ3n) is 4.92. The standard InChI is InChI=1S/C22H28OSi/c1-5-17-24(19-13-9-7-10-14-19,20-15-11-8-12-16-20)21(6-2)22(23)18(3)4/h5-16,18,21-23H,1-2,17H2,3-4H3/t21-,22+/m0/s1. The van der Waals surface area contributed by atoms with E-state index in [0.717, 1.165) is 6.04 Å². The second-order valence-corrected chi connectivity index (χ2v) is 10.9. The Morgan fingerprint density at radius 3 is 1.71 bits per heavy atom. The van der Waals surface area contributed by atoms with Crippen molar-refractivity contribution in [1.82, 2.24) is 0 Å². The van der Waals surface area contributed by atoms with Gasteiger partial charge in [0.1, 0.15) is 8.07 Å². The number of aliphatic hydroxyl groups excluding tert-OH is 1. The van der Waals surface area contributed by atoms with E-state index in [4.69, 9.17) is 0 Å². The molecule has 0 bridgehead atoms. The summed E-state index contributed by atoms with van der Waals surface area (Å²) in [5, 5.41) is 13.6. The molecule has 24 heavy (non-hydrogen) atoms. The van der Waals surface area contributed by atoms with Gasteiger partial charge in [-0.25, -0.2) is 0 Å². The predicted octanol–water partition coefficient (Wildman–Crippen LogP) is 4.01. The molecule has 1 N–H and O–H groups in total. The van der Waals surface area contributed by atoms with Crippen LogP contribution in [0.3, 0.4) is 0 Å². The molecule has 0 saturated heterocycles. The molecule has 2 aromatic rings. The van der Waals surface area contributed by atoms with Gasteiger partial charge in [0.15, 0.2) is 0 Å². The van der Waals surface area contributed by atoms with Crippen molar-refractivity contribution in [2.75, 3.05) is 0 Å². The van der Waals surface area contributed by atoms with Crippen LogP contribution < -0.4 is 10.4 Å². The van der Waals surface area contributed by atoms with Crippen molar-refractivity contribution in [3.05, 3.63) is 86.0 Å². The van der Waals surface area contributed by atoms with Gasteiger partial charge in [-0.15, -0.1) is 13.2 Å². The predicted molar refractivity (Wildman–Crippen MR) is 108 cm³/mol. The van der Waals surface area contributed by atoms with Crippen LogP contribution in [0.5, 0.6) is 0 Å². The van der Waals surface area contributed by atoms with Gasteiger partial charge in [0, 0.05) is 5.54 Å². The van der Waals surface area contributed by atoms with Gasteiger partial charge in [-0.3, -0.25) is 0 Å². The molecule has 2 atom stereocenters. The van der Waals surface area contributed by atoms with Crippen molar-refractivity contribution >= 4 is 18.4 Å². The molecule has 0 aliphatic carbocycles. The summed E-state index contributed by atoms with van der Waals surface area (Å²) >= 11 is 0. The van der Waals surface area contributed by atoms with Crippen LogP contribution in [0.1, 0.15) is 13.8 Å². The summed E-state index contributed by atoms with van der Waals surface area (Å²) in [5.74, 6) is 0.178. The number of hydrogen-bond acceptors (Lipinski definition) is 1. The number of hydrogen-bond donors (Lipinski definition) is 1. The van der Waals surface area contributed by atoms with E-state index >= 15 is 0 Å². The summed E-state index contributed by atoms with van der Waals surface area (Å²) in [4.78, 5) is 0. The van der Waals surface area contributed by atoms with Crippen molar-refractivity contribution < 1.29 is 5.11 Å². The van der Waals surface area contributed by atoms with Crippen LogP contribution in [0.4, 0.5) is 0 Å². The minimum Gasteiger partial charge on any atom is -0.393 e. The van der Waals surface area contributed by atoms with Crippen LogP contribution in [0.25, 0.3) is 0 Å². The van der Waals surface area contributed by atoms with Crippen molar-refractivity contribution in [1.29, 1.82) is 0 Å². The fourth-order valence-corrected chi connectivity index (χ4v) is 8.92. The number of benzene rings is 2. The van der Waals surface area contributed by atoms with Gasteiger partial charge in [0.2, 0.25) is 0 Å². The van der Waals surface area contributed by atoms with Crippen LogP contribution in [-0.4, -0.2) is 19.3 Å². The minimum absolute atomic E-state index is 0.0281. The van der Waals surface area contributed by atoms with E-state index < -0.39 is 14.2 Å². The molecule has 0 fully saturated rings. The maximum atomic E-state index is 11.0. The van der Waals surface area contributed by atoms with Crippen molar-refractivity contribution in [3.63, 3.8) is 0 Å². The first-order valence-corrected chi connectivity index (χ1v) is 10.9. The Kier molecular flexibility index (Phi) is 6.35. The van der Waals surface area contributed by atoms with Crippen LogP contribution in [0.15, 0.2) is 86.0 Å². The first-order chi connectivity index (χ1) is 11.6. The second-order valence-electron chi connectivity index (χ2n) is 6.69. The summed E-state index contributed by atoms with van der Waals surface area (Å²) in [6.07, 6.45) is 3.56. The molecule has 0 aliphatic heterocycles. The highest BCUT2D eigenvalue weighted by atomic mass is 28.3. The lowest BCUT2D eigenvalue weighted by Crippen LogP contribution is -2.63. The SMILES string of the molecule is C=CC[Si](c1ccccc1)(c1ccccc1)[C@@H](C=C)[C@H](O)C(C)C. The molecule has 0 saturated carbocycles. The van der Waals surface area contributed by atoms with Gasteiger partial charge in [0.05, 0.1) is 6.10 Å². The molecular weight excluding hydrogens is 308 g/mol. The molecule has 2 rings (SSSR count). The lowest BCUT2D eigenvalue weighted by Gasteiger charge is -2.41. The molecule has 0 aliphatic rings. The average molecular weight is 337 g/mol. The normalized spacial score (nSPS) is 14.2. The zero-order valence-electron chi connectivity index (χ0n) is 14.7. The topological polar surface area (TPSA) is 20.2 Å². The Morgan fingerprint density at radius 2 is 1.38 bits per heavy atom. The van der Waals surface area contributed by atoms with E-state index in [-0.39, 0.29) is 11.5 Å². The molecule has 0 heterocycles. The van der Waals surface area contributed by atoms with E-state index in [1.54, 1.807) is 0 Å². The highest BCUT2D eigenvalue weighted by molar-refractivity contribution is 7.04. The lowest BCUT2D eigenvalue weighted by atomic mass is 10.0. The molecule has 1 nitrogen and oxygen atoms in total. The van der Waals surface area contributed by atoms with Crippen molar-refractivity contribution in [2.24, 2.45) is 5.92 Å². The highest BCUT2D eigenvalue weighted by Gasteiger charge is 2.45. The second kappa shape index (κ2) is 8.27. The van der Waals surface area contributed by atoms with Crippen molar-refractivity contribution in [2.45, 2.75) is 31.5 Å². The zero-order valence-corrected chi connectivity index (χ0v) is 15.7. The largest absolute Gasteiger partial charge is 0.393 e. The number of rotatable bonds is 8. The first-order valence-electron chi connectivity index (χ1n) is 8.60. The van der Waals surface area contributed by atoms with E-state index in [2.05, 4.69) is 75.5 Å². The van der Waals surface area contributed by atoms with Crippen molar-refractivity contribution in [3.8, 4) is 0 Å². The summed E-state index contributed by atoms with van der Waals surface area (Å²) in [7, 11) is -2.29. The average Bonchev–Trinajstić information content (AvgIpc) is 2.62. The van der Waals surface area contributed by atoms with Gasteiger partial charge in [0.25, 0.3) is 0 Å².